The van der Waals surface area contributed by atoms with E-state index in [-0.39, 0.29) is 0 Å². The number of benzene rings is 8. The summed E-state index contributed by atoms with van der Waals surface area (Å²) in [6.45, 7) is 0. The van der Waals surface area contributed by atoms with E-state index in [4.69, 9.17) is 13.8 Å². The molecule has 0 N–H and O–H groups in total. The first kappa shape index (κ1) is 30.3. The average molecular weight is 724 g/mol. The summed E-state index contributed by atoms with van der Waals surface area (Å²) in [5.74, 6) is 0.598. The Bertz CT molecular complexity index is 3450. The molecule has 0 spiro atoms. The Labute approximate surface area is 318 Å². The molecule has 0 saturated heterocycles. The van der Waals surface area contributed by atoms with E-state index in [1.807, 2.05) is 53.8 Å². The lowest BCUT2D eigenvalue weighted by molar-refractivity contribution is 0.622. The maximum Gasteiger partial charge on any atom is 0.227 e. The summed E-state index contributed by atoms with van der Waals surface area (Å²) in [6, 6.07) is 62.1. The van der Waals surface area contributed by atoms with Crippen molar-refractivity contribution in [3.05, 3.63) is 176 Å². The molecule has 8 aromatic carbocycles. The zero-order chi connectivity index (χ0) is 36.0. The second kappa shape index (κ2) is 11.7. The van der Waals surface area contributed by atoms with Crippen molar-refractivity contribution in [3.8, 4) is 17.1 Å². The summed E-state index contributed by atoms with van der Waals surface area (Å²) in [5.41, 5.74) is 10.6. The van der Waals surface area contributed by atoms with Gasteiger partial charge in [-0.2, -0.15) is 0 Å². The first-order valence-electron chi connectivity index (χ1n) is 18.4. The molecule has 0 unspecified atom stereocenters. The molecule has 0 atom stereocenters. The van der Waals surface area contributed by atoms with E-state index in [0.29, 0.717) is 5.89 Å². The number of aromatic nitrogens is 2. The molecular weight excluding hydrogens is 695 g/mol. The second-order valence-electron chi connectivity index (χ2n) is 14.0. The number of oxazole rings is 1. The number of fused-ring (bicyclic) bond motifs is 11. The number of para-hydroxylation sites is 2. The number of hydrogen-bond donors (Lipinski definition) is 0. The van der Waals surface area contributed by atoms with Crippen molar-refractivity contribution >= 4 is 103 Å². The maximum atomic E-state index is 6.61. The molecule has 12 aromatic rings. The van der Waals surface area contributed by atoms with Gasteiger partial charge >= 0.3 is 0 Å². The minimum absolute atomic E-state index is 0.598. The quantitative estimate of drug-likeness (QED) is 0.177. The molecule has 12 rings (SSSR count). The van der Waals surface area contributed by atoms with Crippen LogP contribution in [0.2, 0.25) is 0 Å². The highest BCUT2D eigenvalue weighted by molar-refractivity contribution is 7.25. The minimum Gasteiger partial charge on any atom is -0.456 e. The number of rotatable bonds is 5. The number of anilines is 3. The largest absolute Gasteiger partial charge is 0.456 e. The summed E-state index contributed by atoms with van der Waals surface area (Å²) in [7, 11) is 0. The zero-order valence-corrected chi connectivity index (χ0v) is 30.1. The van der Waals surface area contributed by atoms with Gasteiger partial charge in [0.25, 0.3) is 0 Å². The molecule has 0 radical (unpaired) electrons. The summed E-state index contributed by atoms with van der Waals surface area (Å²) >= 11 is 1.83. The Morgan fingerprint density at radius 2 is 1.15 bits per heavy atom. The normalized spacial score (nSPS) is 12.0. The van der Waals surface area contributed by atoms with Crippen LogP contribution in [0.3, 0.4) is 0 Å². The molecule has 0 aliphatic carbocycles. The Morgan fingerprint density at radius 1 is 0.473 bits per heavy atom. The highest BCUT2D eigenvalue weighted by Crippen LogP contribution is 2.45. The first-order valence-corrected chi connectivity index (χ1v) is 19.2. The lowest BCUT2D eigenvalue weighted by atomic mass is 10.1. The number of nitrogens with zero attached hydrogens (tertiary/aromatic N) is 3. The first-order chi connectivity index (χ1) is 27.2. The molecule has 6 heteroatoms. The molecule has 4 heterocycles. The fourth-order valence-corrected chi connectivity index (χ4v) is 9.47. The number of thiophene rings is 1. The van der Waals surface area contributed by atoms with Crippen LogP contribution in [0.5, 0.6) is 0 Å². The van der Waals surface area contributed by atoms with E-state index in [2.05, 4.69) is 143 Å². The van der Waals surface area contributed by atoms with Crippen LogP contribution in [-0.2, 0) is 0 Å². The Kier molecular flexibility index (Phi) is 6.44. The van der Waals surface area contributed by atoms with Crippen LogP contribution in [0.25, 0.3) is 92.2 Å². The molecule has 0 aliphatic heterocycles. The van der Waals surface area contributed by atoms with Crippen molar-refractivity contribution in [2.24, 2.45) is 0 Å². The number of furan rings is 1. The van der Waals surface area contributed by atoms with Crippen LogP contribution in [0.15, 0.2) is 185 Å². The smallest absolute Gasteiger partial charge is 0.227 e. The topological polar surface area (TPSA) is 47.3 Å². The minimum atomic E-state index is 0.598. The Morgan fingerprint density at radius 3 is 2.02 bits per heavy atom. The Hall–Kier alpha value is -7.15. The molecule has 0 bridgehead atoms. The van der Waals surface area contributed by atoms with Crippen LogP contribution in [0, 0.1) is 0 Å². The third-order valence-electron chi connectivity index (χ3n) is 10.8. The molecular formula is C49H29N3O2S. The fraction of sp³-hybridized carbons (Fsp3) is 0. The van der Waals surface area contributed by atoms with Gasteiger partial charge in [0.05, 0.1) is 16.4 Å². The van der Waals surface area contributed by atoms with Gasteiger partial charge in [-0.3, -0.25) is 0 Å². The van der Waals surface area contributed by atoms with Crippen molar-refractivity contribution in [2.75, 3.05) is 4.90 Å². The molecule has 4 aromatic heterocycles. The SMILES string of the molecule is c1ccc(-c2nc3ccc4oc5cc(N(c6ccc7c(c6)sc6ccccc67)c6ccc7c(c6)c6ccccc6n7-c6ccccc6)ccc5c4c3o2)cc1. The molecule has 55 heavy (non-hydrogen) atoms. The van der Waals surface area contributed by atoms with Gasteiger partial charge in [0.1, 0.15) is 16.7 Å². The molecule has 0 fully saturated rings. The summed E-state index contributed by atoms with van der Waals surface area (Å²) < 4.78 is 17.9. The van der Waals surface area contributed by atoms with Crippen LogP contribution >= 0.6 is 11.3 Å². The third kappa shape index (κ3) is 4.62. The van der Waals surface area contributed by atoms with Crippen molar-refractivity contribution in [1.82, 2.24) is 9.55 Å². The van der Waals surface area contributed by atoms with Crippen molar-refractivity contribution in [1.29, 1.82) is 0 Å². The third-order valence-corrected chi connectivity index (χ3v) is 11.9. The van der Waals surface area contributed by atoms with Crippen LogP contribution in [0.4, 0.5) is 17.1 Å². The fourth-order valence-electron chi connectivity index (χ4n) is 8.33. The highest BCUT2D eigenvalue weighted by atomic mass is 32.1. The van der Waals surface area contributed by atoms with Gasteiger partial charge in [-0.1, -0.05) is 78.9 Å². The van der Waals surface area contributed by atoms with Crippen LogP contribution in [0.1, 0.15) is 0 Å². The molecule has 0 amide bonds. The van der Waals surface area contributed by atoms with Crippen molar-refractivity contribution in [3.63, 3.8) is 0 Å². The van der Waals surface area contributed by atoms with Gasteiger partial charge < -0.3 is 18.3 Å². The molecule has 0 aliphatic rings. The van der Waals surface area contributed by atoms with E-state index >= 15 is 0 Å². The van der Waals surface area contributed by atoms with Crippen molar-refractivity contribution in [2.45, 2.75) is 0 Å². The van der Waals surface area contributed by atoms with Gasteiger partial charge in [-0.15, -0.1) is 11.3 Å². The van der Waals surface area contributed by atoms with Crippen LogP contribution in [-0.4, -0.2) is 9.55 Å². The van der Waals surface area contributed by atoms with Gasteiger partial charge in [0.15, 0.2) is 5.58 Å². The zero-order valence-electron chi connectivity index (χ0n) is 29.3. The summed E-state index contributed by atoms with van der Waals surface area (Å²) in [4.78, 5) is 7.18. The average Bonchev–Trinajstić information content (AvgIpc) is 4.01. The molecule has 258 valence electrons. The lowest BCUT2D eigenvalue weighted by Crippen LogP contribution is -2.09. The molecule has 5 nitrogen and oxygen atoms in total. The van der Waals surface area contributed by atoms with E-state index in [1.54, 1.807) is 0 Å². The maximum absolute atomic E-state index is 6.61. The van der Waals surface area contributed by atoms with E-state index in [9.17, 15) is 0 Å². The van der Waals surface area contributed by atoms with Gasteiger partial charge in [0.2, 0.25) is 5.89 Å². The summed E-state index contributed by atoms with van der Waals surface area (Å²) in [5, 5.41) is 6.87. The van der Waals surface area contributed by atoms with E-state index in [0.717, 1.165) is 66.9 Å². The monoisotopic (exact) mass is 723 g/mol. The van der Waals surface area contributed by atoms with E-state index < -0.39 is 0 Å². The van der Waals surface area contributed by atoms with Gasteiger partial charge in [-0.25, -0.2) is 4.98 Å². The standard InChI is InChI=1S/C49H29N3O2S/c1-3-11-30(12-4-1)49-50-40-24-26-43-47(48(40)54-49)38-23-20-33(28-44(38)53-43)51(34-19-22-37-36-16-8-10-18-45(36)55-46(37)29-34)32-21-25-42-39(27-32)35-15-7-9-17-41(35)52(42)31-13-5-2-6-14-31/h1-29H. The second-order valence-corrected chi connectivity index (χ2v) is 15.0. The van der Waals surface area contributed by atoms with Crippen LogP contribution < -0.4 is 4.90 Å². The summed E-state index contributed by atoms with van der Waals surface area (Å²) in [6.07, 6.45) is 0. The molecule has 0 saturated carbocycles. The highest BCUT2D eigenvalue weighted by Gasteiger charge is 2.21. The van der Waals surface area contributed by atoms with Gasteiger partial charge in [-0.05, 0) is 91.0 Å². The number of hydrogen-bond acceptors (Lipinski definition) is 5. The van der Waals surface area contributed by atoms with E-state index in [1.165, 1.54) is 36.5 Å². The lowest BCUT2D eigenvalue weighted by Gasteiger charge is -2.26. The Balaban J connectivity index is 1.08. The predicted molar refractivity (Wildman–Crippen MR) is 229 cm³/mol. The predicted octanol–water partition coefficient (Wildman–Crippen LogP) is 14.3. The van der Waals surface area contributed by atoms with Gasteiger partial charge in [0, 0.05) is 70.7 Å². The van der Waals surface area contributed by atoms with Crippen molar-refractivity contribution < 1.29 is 8.83 Å².